The molecule has 1 heterocycles. The molecule has 1 aromatic heterocycles. The van der Waals surface area contributed by atoms with E-state index in [1.807, 2.05) is 4.83 Å². The normalized spacial score (nSPS) is 11.5. The zero-order valence-corrected chi connectivity index (χ0v) is 14.9. The van der Waals surface area contributed by atoms with Crippen molar-refractivity contribution in [2.75, 3.05) is 0 Å². The van der Waals surface area contributed by atoms with E-state index in [1.165, 1.54) is 12.1 Å². The highest BCUT2D eigenvalue weighted by molar-refractivity contribution is 9.10. The van der Waals surface area contributed by atoms with Gasteiger partial charge in [0.05, 0.1) is 5.02 Å². The van der Waals surface area contributed by atoms with E-state index >= 15 is 0 Å². The third-order valence-corrected chi connectivity index (χ3v) is 5.04. The molecule has 0 radical (unpaired) electrons. The Bertz CT molecular complexity index is 833. The number of sulfonamides is 1. The molecule has 0 spiro atoms. The highest BCUT2D eigenvalue weighted by Crippen LogP contribution is 2.22. The van der Waals surface area contributed by atoms with Crippen molar-refractivity contribution in [2.24, 2.45) is 7.05 Å². The van der Waals surface area contributed by atoms with Gasteiger partial charge in [-0.15, -0.1) is 4.83 Å². The van der Waals surface area contributed by atoms with Gasteiger partial charge in [-0.1, -0.05) is 17.7 Å². The maximum atomic E-state index is 12.2. The average Bonchev–Trinajstić information content (AvgIpc) is 2.74. The Morgan fingerprint density at radius 3 is 2.55 bits per heavy atom. The highest BCUT2D eigenvalue weighted by atomic mass is 79.9. The molecule has 2 N–H and O–H groups in total. The predicted molar refractivity (Wildman–Crippen MR) is 87.1 cm³/mol. The molecule has 2 aromatic rings. The van der Waals surface area contributed by atoms with Crippen LogP contribution in [0.2, 0.25) is 5.02 Å². The van der Waals surface area contributed by atoms with E-state index in [1.54, 1.807) is 36.9 Å². The van der Waals surface area contributed by atoms with Crippen molar-refractivity contribution in [1.82, 2.24) is 14.8 Å². The number of hydrogen-bond acceptors (Lipinski definition) is 3. The van der Waals surface area contributed by atoms with Crippen molar-refractivity contribution in [3.63, 3.8) is 0 Å². The van der Waals surface area contributed by atoms with Gasteiger partial charge in [0.15, 0.2) is 0 Å². The molecule has 0 atom stereocenters. The lowest BCUT2D eigenvalue weighted by atomic mass is 10.2. The minimum absolute atomic E-state index is 0.0864. The number of halogens is 2. The summed E-state index contributed by atoms with van der Waals surface area (Å²) in [6.07, 6.45) is 1.68. The van der Waals surface area contributed by atoms with E-state index in [0.29, 0.717) is 10.2 Å². The second kappa shape index (κ2) is 6.41. The molecule has 1 aromatic carbocycles. The van der Waals surface area contributed by atoms with E-state index in [4.69, 9.17) is 11.6 Å². The number of carbonyl (C=O) groups excluding carboxylic acids is 1. The number of nitrogens with one attached hydrogen (secondary N) is 2. The summed E-state index contributed by atoms with van der Waals surface area (Å²) in [6, 6.07) is 6.11. The maximum absolute atomic E-state index is 12.2. The standard InChI is InChI=1S/C13H13BrClN3O3S/c1-8-3-4-12(10(15)5-8)22(20,21)17-16-13(19)11-6-9(14)7-18(11)2/h3-7,17H,1-2H3,(H,16,19). The summed E-state index contributed by atoms with van der Waals surface area (Å²) < 4.78 is 26.6. The molecule has 2 rings (SSSR count). The van der Waals surface area contributed by atoms with E-state index in [-0.39, 0.29) is 9.92 Å². The molecule has 0 saturated carbocycles. The average molecular weight is 407 g/mol. The van der Waals surface area contributed by atoms with Crippen LogP contribution in [0.5, 0.6) is 0 Å². The van der Waals surface area contributed by atoms with Crippen LogP contribution in [0, 0.1) is 6.92 Å². The Labute approximate surface area is 141 Å². The Morgan fingerprint density at radius 1 is 1.32 bits per heavy atom. The van der Waals surface area contributed by atoms with Crippen molar-refractivity contribution >= 4 is 43.5 Å². The predicted octanol–water partition coefficient (Wildman–Crippen LogP) is 2.37. The molecule has 0 aliphatic carbocycles. The van der Waals surface area contributed by atoms with Crippen LogP contribution in [0.3, 0.4) is 0 Å². The van der Waals surface area contributed by atoms with Crippen LogP contribution >= 0.6 is 27.5 Å². The molecule has 118 valence electrons. The minimum atomic E-state index is -3.95. The number of carbonyl (C=O) groups is 1. The summed E-state index contributed by atoms with van der Waals surface area (Å²) in [4.78, 5) is 13.9. The van der Waals surface area contributed by atoms with Crippen LogP contribution in [0.25, 0.3) is 0 Å². The summed E-state index contributed by atoms with van der Waals surface area (Å²) in [5, 5.41) is 0.0864. The van der Waals surface area contributed by atoms with Crippen LogP contribution < -0.4 is 10.3 Å². The lowest BCUT2D eigenvalue weighted by molar-refractivity contribution is 0.0937. The topological polar surface area (TPSA) is 80.2 Å². The van der Waals surface area contributed by atoms with Gasteiger partial charge in [-0.05, 0) is 46.6 Å². The first-order chi connectivity index (χ1) is 10.2. The largest absolute Gasteiger partial charge is 0.345 e. The van der Waals surface area contributed by atoms with Gasteiger partial charge in [-0.25, -0.2) is 8.42 Å². The van der Waals surface area contributed by atoms with Gasteiger partial charge in [0.25, 0.3) is 15.9 Å². The van der Waals surface area contributed by atoms with Crippen molar-refractivity contribution in [2.45, 2.75) is 11.8 Å². The lowest BCUT2D eigenvalue weighted by Gasteiger charge is -2.10. The second-order valence-corrected chi connectivity index (χ2v) is 7.62. The summed E-state index contributed by atoms with van der Waals surface area (Å²) >= 11 is 9.17. The van der Waals surface area contributed by atoms with Crippen molar-refractivity contribution in [3.05, 3.63) is 51.2 Å². The summed E-state index contributed by atoms with van der Waals surface area (Å²) in [5.74, 6) is -0.583. The van der Waals surface area contributed by atoms with Gasteiger partial charge in [0.2, 0.25) is 0 Å². The molecule has 0 fully saturated rings. The Kier molecular flexibility index (Phi) is 4.96. The fraction of sp³-hybridized carbons (Fsp3) is 0.154. The first kappa shape index (κ1) is 17.0. The SMILES string of the molecule is Cc1ccc(S(=O)(=O)NNC(=O)c2cc(Br)cn2C)c(Cl)c1. The van der Waals surface area contributed by atoms with Gasteiger partial charge < -0.3 is 4.57 Å². The van der Waals surface area contributed by atoms with Crippen LogP contribution in [0.15, 0.2) is 39.8 Å². The fourth-order valence-electron chi connectivity index (χ4n) is 1.81. The van der Waals surface area contributed by atoms with Crippen LogP contribution in [0.1, 0.15) is 16.1 Å². The summed E-state index contributed by atoms with van der Waals surface area (Å²) in [5.41, 5.74) is 3.29. The van der Waals surface area contributed by atoms with Crippen LogP contribution in [-0.4, -0.2) is 18.9 Å². The third kappa shape index (κ3) is 3.70. The molecule has 1 amide bonds. The number of benzene rings is 1. The summed E-state index contributed by atoms with van der Waals surface area (Å²) in [7, 11) is -2.28. The first-order valence-corrected chi connectivity index (χ1v) is 8.76. The van der Waals surface area contributed by atoms with E-state index in [2.05, 4.69) is 21.4 Å². The van der Waals surface area contributed by atoms with Gasteiger partial charge in [0, 0.05) is 17.7 Å². The number of rotatable bonds is 4. The second-order valence-electron chi connectivity index (χ2n) is 4.65. The fourth-order valence-corrected chi connectivity index (χ4v) is 3.77. The van der Waals surface area contributed by atoms with E-state index in [0.717, 1.165) is 5.56 Å². The number of aryl methyl sites for hydroxylation is 2. The number of aromatic nitrogens is 1. The molecular formula is C13H13BrClN3O3S. The zero-order valence-electron chi connectivity index (χ0n) is 11.7. The molecule has 6 nitrogen and oxygen atoms in total. The maximum Gasteiger partial charge on any atom is 0.282 e. The quantitative estimate of drug-likeness (QED) is 0.765. The lowest BCUT2D eigenvalue weighted by Crippen LogP contribution is -2.42. The number of amides is 1. The Morgan fingerprint density at radius 2 is 2.00 bits per heavy atom. The van der Waals surface area contributed by atoms with E-state index in [9.17, 15) is 13.2 Å². The van der Waals surface area contributed by atoms with Crippen LogP contribution in [0.4, 0.5) is 0 Å². The summed E-state index contributed by atoms with van der Waals surface area (Å²) in [6.45, 7) is 1.80. The number of hydrazine groups is 1. The molecule has 0 aliphatic rings. The molecule has 9 heteroatoms. The number of hydrogen-bond donors (Lipinski definition) is 2. The Balaban J connectivity index is 2.16. The molecule has 0 bridgehead atoms. The number of nitrogens with zero attached hydrogens (tertiary/aromatic N) is 1. The van der Waals surface area contributed by atoms with Crippen molar-refractivity contribution in [1.29, 1.82) is 0 Å². The molecule has 0 unspecified atom stereocenters. The van der Waals surface area contributed by atoms with Gasteiger partial charge in [-0.2, -0.15) is 0 Å². The van der Waals surface area contributed by atoms with Gasteiger partial charge in [-0.3, -0.25) is 10.2 Å². The Hall–Kier alpha value is -1.35. The third-order valence-electron chi connectivity index (χ3n) is 2.88. The van der Waals surface area contributed by atoms with Crippen LogP contribution in [-0.2, 0) is 17.1 Å². The first-order valence-electron chi connectivity index (χ1n) is 6.11. The minimum Gasteiger partial charge on any atom is -0.345 e. The molecule has 22 heavy (non-hydrogen) atoms. The van der Waals surface area contributed by atoms with E-state index < -0.39 is 15.9 Å². The monoisotopic (exact) mass is 405 g/mol. The highest BCUT2D eigenvalue weighted by Gasteiger charge is 2.20. The molecular weight excluding hydrogens is 394 g/mol. The molecule has 0 aliphatic heterocycles. The zero-order chi connectivity index (χ0) is 16.5. The van der Waals surface area contributed by atoms with Gasteiger partial charge in [0.1, 0.15) is 10.6 Å². The van der Waals surface area contributed by atoms with Crippen molar-refractivity contribution in [3.8, 4) is 0 Å². The van der Waals surface area contributed by atoms with Gasteiger partial charge >= 0.3 is 0 Å². The molecule has 0 saturated heterocycles. The smallest absolute Gasteiger partial charge is 0.282 e. The van der Waals surface area contributed by atoms with Crippen molar-refractivity contribution < 1.29 is 13.2 Å².